The standard InChI is InChI=1S/C22H34N2O6S/c1-2-3-16-31(28,29)24-20(22(26)27)8-9-21(25)18-4-6-19(7-5-18)30-15-12-17-10-13-23-14-11-17/h4-7,17,20,23-24H,2-3,8-16H2,1H3,(H,26,27). The number of ether oxygens (including phenoxy) is 1. The fourth-order valence-electron chi connectivity index (χ4n) is 3.51. The van der Waals surface area contributed by atoms with Crippen molar-refractivity contribution in [2.24, 2.45) is 5.92 Å². The molecule has 0 saturated carbocycles. The van der Waals surface area contributed by atoms with Gasteiger partial charge in [0.2, 0.25) is 10.0 Å². The number of nitrogens with one attached hydrogen (secondary N) is 2. The van der Waals surface area contributed by atoms with E-state index in [1.54, 1.807) is 24.3 Å². The van der Waals surface area contributed by atoms with Gasteiger partial charge in [0.05, 0.1) is 12.4 Å². The molecule has 1 fully saturated rings. The molecule has 1 aliphatic heterocycles. The van der Waals surface area contributed by atoms with Gasteiger partial charge < -0.3 is 15.2 Å². The van der Waals surface area contributed by atoms with Gasteiger partial charge in [-0.3, -0.25) is 9.59 Å². The van der Waals surface area contributed by atoms with E-state index >= 15 is 0 Å². The summed E-state index contributed by atoms with van der Waals surface area (Å²) < 4.78 is 31.9. The van der Waals surface area contributed by atoms with Crippen LogP contribution < -0.4 is 14.8 Å². The number of Topliss-reactive ketones (excluding diaryl/α,β-unsaturated/α-hetero) is 1. The summed E-state index contributed by atoms with van der Waals surface area (Å²) in [4.78, 5) is 23.8. The molecule has 0 amide bonds. The van der Waals surface area contributed by atoms with Crippen LogP contribution in [-0.4, -0.2) is 56.8 Å². The fourth-order valence-corrected chi connectivity index (χ4v) is 4.95. The maximum atomic E-state index is 12.4. The van der Waals surface area contributed by atoms with Crippen molar-refractivity contribution in [2.45, 2.75) is 57.9 Å². The minimum Gasteiger partial charge on any atom is -0.494 e. The lowest BCUT2D eigenvalue weighted by Gasteiger charge is -2.22. The minimum absolute atomic E-state index is 0.0663. The number of rotatable bonds is 14. The molecular formula is C22H34N2O6S. The molecule has 9 heteroatoms. The van der Waals surface area contributed by atoms with Gasteiger partial charge in [0.25, 0.3) is 0 Å². The van der Waals surface area contributed by atoms with E-state index in [9.17, 15) is 23.1 Å². The molecule has 3 N–H and O–H groups in total. The third-order valence-electron chi connectivity index (χ3n) is 5.48. The molecular weight excluding hydrogens is 420 g/mol. The van der Waals surface area contributed by atoms with E-state index in [-0.39, 0.29) is 24.4 Å². The van der Waals surface area contributed by atoms with Crippen LogP contribution in [0.5, 0.6) is 5.75 Å². The quantitative estimate of drug-likeness (QED) is 0.369. The molecule has 1 unspecified atom stereocenters. The van der Waals surface area contributed by atoms with Crippen molar-refractivity contribution in [1.82, 2.24) is 10.0 Å². The van der Waals surface area contributed by atoms with Crippen LogP contribution in [0.4, 0.5) is 0 Å². The third kappa shape index (κ3) is 9.37. The first kappa shape index (κ1) is 25.3. The van der Waals surface area contributed by atoms with Gasteiger partial charge in [-0.25, -0.2) is 13.1 Å². The molecule has 0 aromatic heterocycles. The Labute approximate surface area is 184 Å². The molecule has 1 heterocycles. The first-order valence-corrected chi connectivity index (χ1v) is 12.7. The molecule has 1 saturated heterocycles. The second kappa shape index (κ2) is 12.8. The summed E-state index contributed by atoms with van der Waals surface area (Å²) in [5, 5.41) is 12.6. The zero-order valence-corrected chi connectivity index (χ0v) is 19.0. The smallest absolute Gasteiger partial charge is 0.321 e. The lowest BCUT2D eigenvalue weighted by Crippen LogP contribution is -2.42. The fraction of sp³-hybridized carbons (Fsp3) is 0.636. The second-order valence-electron chi connectivity index (χ2n) is 8.00. The van der Waals surface area contributed by atoms with Crippen molar-refractivity contribution >= 4 is 21.8 Å². The lowest BCUT2D eigenvalue weighted by atomic mass is 9.95. The van der Waals surface area contributed by atoms with Crippen molar-refractivity contribution in [1.29, 1.82) is 0 Å². The number of carboxylic acids is 1. The number of hydrogen-bond donors (Lipinski definition) is 3. The van der Waals surface area contributed by atoms with Gasteiger partial charge in [0.15, 0.2) is 5.78 Å². The van der Waals surface area contributed by atoms with E-state index in [1.807, 2.05) is 6.92 Å². The summed E-state index contributed by atoms with van der Waals surface area (Å²) in [5.41, 5.74) is 0.448. The molecule has 1 aliphatic rings. The van der Waals surface area contributed by atoms with Crippen LogP contribution >= 0.6 is 0 Å². The van der Waals surface area contributed by atoms with Crippen molar-refractivity contribution in [3.63, 3.8) is 0 Å². The van der Waals surface area contributed by atoms with Crippen molar-refractivity contribution in [3.05, 3.63) is 29.8 Å². The van der Waals surface area contributed by atoms with E-state index in [0.717, 1.165) is 19.5 Å². The van der Waals surface area contributed by atoms with Crippen LogP contribution in [0.3, 0.4) is 0 Å². The number of sulfonamides is 1. The average Bonchev–Trinajstić information content (AvgIpc) is 2.76. The highest BCUT2D eigenvalue weighted by molar-refractivity contribution is 7.89. The molecule has 2 rings (SSSR count). The van der Waals surface area contributed by atoms with Gasteiger partial charge in [0, 0.05) is 12.0 Å². The number of ketones is 1. The lowest BCUT2D eigenvalue weighted by molar-refractivity contribution is -0.139. The predicted molar refractivity (Wildman–Crippen MR) is 119 cm³/mol. The third-order valence-corrected chi connectivity index (χ3v) is 6.95. The Morgan fingerprint density at radius 2 is 1.90 bits per heavy atom. The summed E-state index contributed by atoms with van der Waals surface area (Å²) in [7, 11) is -3.69. The summed E-state index contributed by atoms with van der Waals surface area (Å²) in [6.07, 6.45) is 4.32. The van der Waals surface area contributed by atoms with Gasteiger partial charge in [-0.2, -0.15) is 0 Å². The number of benzene rings is 1. The van der Waals surface area contributed by atoms with E-state index in [4.69, 9.17) is 4.74 Å². The number of piperidine rings is 1. The Morgan fingerprint density at radius 3 is 2.52 bits per heavy atom. The highest BCUT2D eigenvalue weighted by Gasteiger charge is 2.24. The Morgan fingerprint density at radius 1 is 1.23 bits per heavy atom. The minimum atomic E-state index is -3.69. The first-order valence-electron chi connectivity index (χ1n) is 11.0. The van der Waals surface area contributed by atoms with Gasteiger partial charge in [0.1, 0.15) is 11.8 Å². The van der Waals surface area contributed by atoms with Crippen LogP contribution in [0, 0.1) is 5.92 Å². The Balaban J connectivity index is 1.80. The number of aliphatic carboxylic acids is 1. The number of carbonyl (C=O) groups excluding carboxylic acids is 1. The van der Waals surface area contributed by atoms with Crippen LogP contribution in [0.15, 0.2) is 24.3 Å². The largest absolute Gasteiger partial charge is 0.494 e. The van der Waals surface area contributed by atoms with Gasteiger partial charge >= 0.3 is 5.97 Å². The Kier molecular flexibility index (Phi) is 10.4. The summed E-state index contributed by atoms with van der Waals surface area (Å²) in [5.74, 6) is -0.271. The first-order chi connectivity index (χ1) is 14.8. The average molecular weight is 455 g/mol. The molecule has 0 bridgehead atoms. The van der Waals surface area contributed by atoms with Crippen LogP contribution in [0.25, 0.3) is 0 Å². The van der Waals surface area contributed by atoms with Crippen molar-refractivity contribution in [3.8, 4) is 5.75 Å². The molecule has 1 atom stereocenters. The summed E-state index contributed by atoms with van der Waals surface area (Å²) in [6, 6.07) is 5.46. The number of carbonyl (C=O) groups is 2. The normalized spacial score (nSPS) is 16.0. The van der Waals surface area contributed by atoms with Crippen molar-refractivity contribution < 1.29 is 27.9 Å². The zero-order valence-electron chi connectivity index (χ0n) is 18.1. The maximum absolute atomic E-state index is 12.4. The topological polar surface area (TPSA) is 122 Å². The van der Waals surface area contributed by atoms with Gasteiger partial charge in [-0.15, -0.1) is 0 Å². The van der Waals surface area contributed by atoms with E-state index in [2.05, 4.69) is 10.0 Å². The predicted octanol–water partition coefficient (Wildman–Crippen LogP) is 2.59. The molecule has 1 aromatic carbocycles. The Bertz CT molecular complexity index is 804. The molecule has 31 heavy (non-hydrogen) atoms. The summed E-state index contributed by atoms with van der Waals surface area (Å²) in [6.45, 7) is 4.61. The van der Waals surface area contributed by atoms with Crippen LogP contribution in [0.2, 0.25) is 0 Å². The molecule has 174 valence electrons. The SMILES string of the molecule is CCCCS(=O)(=O)NC(CCC(=O)c1ccc(OCCC2CCNCC2)cc1)C(=O)O. The number of carboxylic acid groups (broad SMARTS) is 1. The zero-order chi connectivity index (χ0) is 22.7. The van der Waals surface area contributed by atoms with Gasteiger partial charge in [-0.05, 0) is 75.4 Å². The number of hydrogen-bond acceptors (Lipinski definition) is 6. The molecule has 0 radical (unpaired) electrons. The molecule has 8 nitrogen and oxygen atoms in total. The van der Waals surface area contributed by atoms with Crippen LogP contribution in [0.1, 0.15) is 62.2 Å². The van der Waals surface area contributed by atoms with E-state index in [1.165, 1.54) is 12.8 Å². The summed E-state index contributed by atoms with van der Waals surface area (Å²) >= 11 is 0. The monoisotopic (exact) mass is 454 g/mol. The van der Waals surface area contributed by atoms with E-state index in [0.29, 0.717) is 36.7 Å². The number of unbranched alkanes of at least 4 members (excludes halogenated alkanes) is 1. The highest BCUT2D eigenvalue weighted by atomic mass is 32.2. The van der Waals surface area contributed by atoms with Crippen LogP contribution in [-0.2, 0) is 14.8 Å². The van der Waals surface area contributed by atoms with E-state index < -0.39 is 22.0 Å². The molecule has 0 spiro atoms. The van der Waals surface area contributed by atoms with Crippen molar-refractivity contribution in [2.75, 3.05) is 25.4 Å². The Hall–Kier alpha value is -1.97. The molecule has 0 aliphatic carbocycles. The second-order valence-corrected chi connectivity index (χ2v) is 9.87. The maximum Gasteiger partial charge on any atom is 0.321 e. The highest BCUT2D eigenvalue weighted by Crippen LogP contribution is 2.19. The molecule has 1 aromatic rings. The van der Waals surface area contributed by atoms with Gasteiger partial charge in [-0.1, -0.05) is 13.3 Å².